The third-order valence-electron chi connectivity index (χ3n) is 0.253. The van der Waals surface area contributed by atoms with Crippen LogP contribution in [0.1, 0.15) is 0 Å². The number of rotatable bonds is 3. The smallest absolute Gasteiger partial charge is 0.301 e. The van der Waals surface area contributed by atoms with E-state index in [9.17, 15) is 9.36 Å². The van der Waals surface area contributed by atoms with E-state index in [4.69, 9.17) is 4.89 Å². The molecule has 0 bridgehead atoms. The minimum atomic E-state index is -2.59. The lowest BCUT2D eigenvalue weighted by atomic mass is 10.9. The summed E-state index contributed by atoms with van der Waals surface area (Å²) in [7, 11) is -2.59. The van der Waals surface area contributed by atoms with Crippen molar-refractivity contribution in [1.29, 1.82) is 0 Å². The molecule has 0 aliphatic rings. The maximum Gasteiger partial charge on any atom is 0.695 e. The summed E-state index contributed by atoms with van der Waals surface area (Å²) < 4.78 is 13.4. The van der Waals surface area contributed by atoms with Crippen molar-refractivity contribution in [3.05, 3.63) is 0 Å². The molecule has 0 heterocycles. The van der Waals surface area contributed by atoms with Crippen molar-refractivity contribution in [3.8, 4) is 0 Å². The molecule has 1 atom stereocenters. The van der Waals surface area contributed by atoms with Gasteiger partial charge in [0.2, 0.25) is 0 Å². The molecule has 0 saturated carbocycles. The van der Waals surface area contributed by atoms with E-state index in [-0.39, 0.29) is 6.61 Å². The average molecular weight is 123 g/mol. The van der Waals surface area contributed by atoms with Gasteiger partial charge in [-0.15, -0.1) is 9.42 Å². The second kappa shape index (κ2) is 3.87. The molecule has 0 radical (unpaired) electrons. The monoisotopic (exact) mass is 123 g/mol. The first kappa shape index (κ1) is 6.69. The second-order valence-electron chi connectivity index (χ2n) is 0.700. The second-order valence-corrected chi connectivity index (χ2v) is 1.43. The van der Waals surface area contributed by atoms with Crippen LogP contribution in [0, 0.1) is 0 Å². The Balaban J connectivity index is 2.97. The fraction of sp³-hybridized carbons (Fsp3) is 0.500. The van der Waals surface area contributed by atoms with Gasteiger partial charge >= 0.3 is 8.25 Å². The van der Waals surface area contributed by atoms with Gasteiger partial charge in [0.1, 0.15) is 0 Å². The maximum atomic E-state index is 9.53. The Morgan fingerprint density at radius 2 is 2.43 bits per heavy atom. The van der Waals surface area contributed by atoms with Crippen LogP contribution >= 0.6 is 8.25 Å². The summed E-state index contributed by atoms with van der Waals surface area (Å²) >= 11 is 0. The Morgan fingerprint density at radius 3 is 2.57 bits per heavy atom. The minimum absolute atomic E-state index is 0.314. The summed E-state index contributed by atoms with van der Waals surface area (Å²) in [6, 6.07) is 0. The van der Waals surface area contributed by atoms with Gasteiger partial charge < -0.3 is 4.79 Å². The quantitative estimate of drug-likeness (QED) is 0.418. The van der Waals surface area contributed by atoms with Crippen molar-refractivity contribution in [2.75, 3.05) is 6.61 Å². The molecule has 0 aromatic rings. The van der Waals surface area contributed by atoms with Gasteiger partial charge in [0, 0.05) is 4.57 Å². The topological polar surface area (TPSA) is 63.6 Å². The Bertz CT molecular complexity index is 79.8. The number of hydrogen-bond acceptors (Lipinski definition) is 3. The molecule has 0 aliphatic heterocycles. The van der Waals surface area contributed by atoms with Gasteiger partial charge in [0.15, 0.2) is 12.9 Å². The molecule has 7 heavy (non-hydrogen) atoms. The molecule has 0 aromatic heterocycles. The van der Waals surface area contributed by atoms with Gasteiger partial charge in [-0.3, -0.25) is 0 Å². The van der Waals surface area contributed by atoms with Crippen LogP contribution < -0.4 is 0 Å². The van der Waals surface area contributed by atoms with Crippen LogP contribution in [-0.4, -0.2) is 17.8 Å². The SMILES string of the molecule is O=CCO[P+](=O)O. The molecule has 40 valence electrons. The van der Waals surface area contributed by atoms with Gasteiger partial charge in [-0.1, -0.05) is 0 Å². The maximum absolute atomic E-state index is 9.53. The molecule has 5 heteroatoms. The van der Waals surface area contributed by atoms with E-state index >= 15 is 0 Å². The number of carbonyl (C=O) groups is 1. The predicted molar refractivity (Wildman–Crippen MR) is 21.8 cm³/mol. The Hall–Kier alpha value is -0.310. The number of carbonyl (C=O) groups excluding carboxylic acids is 1. The van der Waals surface area contributed by atoms with E-state index in [1.54, 1.807) is 0 Å². The molecule has 0 spiro atoms. The molecular weight excluding hydrogens is 119 g/mol. The van der Waals surface area contributed by atoms with Crippen LogP contribution in [0.3, 0.4) is 0 Å². The summed E-state index contributed by atoms with van der Waals surface area (Å²) in [6.07, 6.45) is 0.406. The number of aldehydes is 1. The lowest BCUT2D eigenvalue weighted by Gasteiger charge is -1.68. The fourth-order valence-electron chi connectivity index (χ4n) is 0.0942. The first-order valence-corrected chi connectivity index (χ1v) is 2.63. The van der Waals surface area contributed by atoms with Crippen LogP contribution in [0.25, 0.3) is 0 Å². The third kappa shape index (κ3) is 5.69. The summed E-state index contributed by atoms with van der Waals surface area (Å²) in [5, 5.41) is 0. The molecule has 0 rings (SSSR count). The fourth-order valence-corrected chi connectivity index (χ4v) is 0.283. The van der Waals surface area contributed by atoms with Gasteiger partial charge in [-0.05, 0) is 0 Å². The van der Waals surface area contributed by atoms with Crippen molar-refractivity contribution >= 4 is 14.5 Å². The Morgan fingerprint density at radius 1 is 1.86 bits per heavy atom. The van der Waals surface area contributed by atoms with E-state index in [1.807, 2.05) is 0 Å². The number of hydrogen-bond donors (Lipinski definition) is 1. The van der Waals surface area contributed by atoms with Gasteiger partial charge in [-0.25, -0.2) is 0 Å². The molecule has 1 N–H and O–H groups in total. The van der Waals surface area contributed by atoms with Crippen LogP contribution in [0.4, 0.5) is 0 Å². The summed E-state index contributed by atoms with van der Waals surface area (Å²) in [5.41, 5.74) is 0. The van der Waals surface area contributed by atoms with E-state index in [1.165, 1.54) is 0 Å². The molecule has 0 aliphatic carbocycles. The van der Waals surface area contributed by atoms with Crippen molar-refractivity contribution in [2.24, 2.45) is 0 Å². The van der Waals surface area contributed by atoms with Crippen molar-refractivity contribution in [3.63, 3.8) is 0 Å². The highest BCUT2D eigenvalue weighted by Crippen LogP contribution is 2.11. The van der Waals surface area contributed by atoms with Gasteiger partial charge in [0.25, 0.3) is 0 Å². The third-order valence-corrected chi connectivity index (χ3v) is 0.623. The zero-order chi connectivity index (χ0) is 5.70. The summed E-state index contributed by atoms with van der Waals surface area (Å²) in [5.74, 6) is 0. The van der Waals surface area contributed by atoms with E-state index in [0.29, 0.717) is 6.29 Å². The van der Waals surface area contributed by atoms with Gasteiger partial charge in [0.05, 0.1) is 0 Å². The van der Waals surface area contributed by atoms with Crippen LogP contribution in [-0.2, 0) is 13.9 Å². The molecule has 4 nitrogen and oxygen atoms in total. The highest BCUT2D eigenvalue weighted by molar-refractivity contribution is 7.32. The van der Waals surface area contributed by atoms with E-state index in [2.05, 4.69) is 4.52 Å². The first-order valence-electron chi connectivity index (χ1n) is 1.50. The molecular formula is C2H4O4P+. The van der Waals surface area contributed by atoms with Crippen LogP contribution in [0.5, 0.6) is 0 Å². The van der Waals surface area contributed by atoms with Crippen LogP contribution in [0.2, 0.25) is 0 Å². The predicted octanol–water partition coefficient (Wildman–Crippen LogP) is -0.148. The zero-order valence-corrected chi connectivity index (χ0v) is 4.30. The molecule has 0 saturated heterocycles. The lowest BCUT2D eigenvalue weighted by Crippen LogP contribution is -1.83. The van der Waals surface area contributed by atoms with Gasteiger partial charge in [-0.2, -0.15) is 0 Å². The van der Waals surface area contributed by atoms with Crippen molar-refractivity contribution < 1.29 is 18.8 Å². The Kier molecular flexibility index (Phi) is 3.69. The molecule has 0 aromatic carbocycles. The molecule has 0 fully saturated rings. The molecule has 1 unspecified atom stereocenters. The normalized spacial score (nSPS) is 10.7. The zero-order valence-electron chi connectivity index (χ0n) is 3.40. The Labute approximate surface area is 41.1 Å². The van der Waals surface area contributed by atoms with E-state index < -0.39 is 8.25 Å². The summed E-state index contributed by atoms with van der Waals surface area (Å²) in [4.78, 5) is 17.2. The minimum Gasteiger partial charge on any atom is -0.301 e. The highest BCUT2D eigenvalue weighted by atomic mass is 31.1. The van der Waals surface area contributed by atoms with Crippen molar-refractivity contribution in [2.45, 2.75) is 0 Å². The van der Waals surface area contributed by atoms with E-state index in [0.717, 1.165) is 0 Å². The highest BCUT2D eigenvalue weighted by Gasteiger charge is 2.08. The first-order chi connectivity index (χ1) is 3.27. The largest absolute Gasteiger partial charge is 0.695 e. The van der Waals surface area contributed by atoms with Crippen LogP contribution in [0.15, 0.2) is 0 Å². The summed E-state index contributed by atoms with van der Waals surface area (Å²) in [6.45, 7) is -0.314. The standard InChI is InChI=1S/C2H3O4P/c3-1-2-6-7(4)5/h1H,2H2/p+1. The lowest BCUT2D eigenvalue weighted by molar-refractivity contribution is -0.109. The molecule has 0 amide bonds. The average Bonchev–Trinajstić information content (AvgIpc) is 1.61. The van der Waals surface area contributed by atoms with Crippen molar-refractivity contribution in [1.82, 2.24) is 0 Å².